The van der Waals surface area contributed by atoms with E-state index < -0.39 is 0 Å². The number of hydrogen-bond acceptors (Lipinski definition) is 3. The Morgan fingerprint density at radius 1 is 0.800 bits per heavy atom. The molecule has 0 atom stereocenters. The summed E-state index contributed by atoms with van der Waals surface area (Å²) in [5, 5.41) is 3.43. The first kappa shape index (κ1) is 14.4. The fraction of sp³-hybridized carbons (Fsp3) is 0.294. The molecule has 0 amide bonds. The molecule has 2 rings (SSSR count). The molecule has 0 saturated heterocycles. The Bertz CT molecular complexity index is 506. The molecule has 1 N–H and O–H groups in total. The molecule has 20 heavy (non-hydrogen) atoms. The predicted octanol–water partition coefficient (Wildman–Crippen LogP) is 3.38. The number of nitrogens with one attached hydrogen (secondary N) is 1. The number of rotatable bonds is 7. The van der Waals surface area contributed by atoms with Crippen LogP contribution in [0.25, 0.3) is 0 Å². The van der Waals surface area contributed by atoms with Crippen LogP contribution in [-0.4, -0.2) is 13.7 Å². The normalized spacial score (nSPS) is 10.3. The molecule has 0 aliphatic rings. The minimum Gasteiger partial charge on any atom is -0.497 e. The summed E-state index contributed by atoms with van der Waals surface area (Å²) in [4.78, 5) is 0. The van der Waals surface area contributed by atoms with Crippen LogP contribution >= 0.6 is 0 Å². The molecule has 0 aliphatic carbocycles. The molecule has 0 spiro atoms. The van der Waals surface area contributed by atoms with Gasteiger partial charge < -0.3 is 14.8 Å². The van der Waals surface area contributed by atoms with Gasteiger partial charge in [0.05, 0.1) is 13.7 Å². The molecular weight excluding hydrogens is 250 g/mol. The van der Waals surface area contributed by atoms with E-state index in [9.17, 15) is 0 Å². The first-order chi connectivity index (χ1) is 9.81. The second kappa shape index (κ2) is 7.56. The Morgan fingerprint density at radius 3 is 1.75 bits per heavy atom. The highest BCUT2D eigenvalue weighted by Gasteiger charge is 1.97. The zero-order valence-electron chi connectivity index (χ0n) is 12.1. The summed E-state index contributed by atoms with van der Waals surface area (Å²) in [5.41, 5.74) is 2.50. The van der Waals surface area contributed by atoms with Crippen molar-refractivity contribution in [3.8, 4) is 11.5 Å². The Labute approximate surface area is 120 Å². The van der Waals surface area contributed by atoms with Crippen molar-refractivity contribution in [3.05, 3.63) is 59.7 Å². The van der Waals surface area contributed by atoms with Gasteiger partial charge in [0.1, 0.15) is 11.5 Å². The lowest BCUT2D eigenvalue weighted by Crippen LogP contribution is -2.12. The standard InChI is InChI=1S/C17H21NO2/c1-3-20-17-10-6-15(7-11-17)13-18-12-14-4-8-16(19-2)9-5-14/h4-11,18H,3,12-13H2,1-2H3. The lowest BCUT2D eigenvalue weighted by atomic mass is 10.2. The highest BCUT2D eigenvalue weighted by atomic mass is 16.5. The zero-order valence-corrected chi connectivity index (χ0v) is 12.1. The van der Waals surface area contributed by atoms with E-state index in [0.717, 1.165) is 24.6 Å². The van der Waals surface area contributed by atoms with E-state index in [1.54, 1.807) is 7.11 Å². The average Bonchev–Trinajstić information content (AvgIpc) is 2.50. The van der Waals surface area contributed by atoms with Gasteiger partial charge >= 0.3 is 0 Å². The van der Waals surface area contributed by atoms with Crippen LogP contribution in [0.5, 0.6) is 11.5 Å². The van der Waals surface area contributed by atoms with Gasteiger partial charge in [-0.05, 0) is 42.3 Å². The number of benzene rings is 2. The molecule has 106 valence electrons. The fourth-order valence-corrected chi connectivity index (χ4v) is 1.96. The SMILES string of the molecule is CCOc1ccc(CNCc2ccc(OC)cc2)cc1. The van der Waals surface area contributed by atoms with Gasteiger partial charge in [-0.25, -0.2) is 0 Å². The topological polar surface area (TPSA) is 30.5 Å². The van der Waals surface area contributed by atoms with Gasteiger partial charge in [0.25, 0.3) is 0 Å². The molecule has 0 radical (unpaired) electrons. The smallest absolute Gasteiger partial charge is 0.119 e. The quantitative estimate of drug-likeness (QED) is 0.837. The predicted molar refractivity (Wildman–Crippen MR) is 81.1 cm³/mol. The molecule has 0 fully saturated rings. The van der Waals surface area contributed by atoms with E-state index in [4.69, 9.17) is 9.47 Å². The van der Waals surface area contributed by atoms with E-state index in [1.165, 1.54) is 11.1 Å². The molecule has 0 bridgehead atoms. The minimum absolute atomic E-state index is 0.703. The largest absolute Gasteiger partial charge is 0.497 e. The molecule has 2 aromatic rings. The molecule has 0 aromatic heterocycles. The first-order valence-corrected chi connectivity index (χ1v) is 6.87. The van der Waals surface area contributed by atoms with Crippen molar-refractivity contribution in [2.24, 2.45) is 0 Å². The Hall–Kier alpha value is -2.00. The van der Waals surface area contributed by atoms with Crippen molar-refractivity contribution in [1.29, 1.82) is 0 Å². The second-order valence-electron chi connectivity index (χ2n) is 4.53. The van der Waals surface area contributed by atoms with Gasteiger partial charge in [-0.15, -0.1) is 0 Å². The van der Waals surface area contributed by atoms with Gasteiger partial charge in [0.15, 0.2) is 0 Å². The van der Waals surface area contributed by atoms with E-state index in [1.807, 2.05) is 31.2 Å². The molecular formula is C17H21NO2. The van der Waals surface area contributed by atoms with Crippen LogP contribution in [0.2, 0.25) is 0 Å². The van der Waals surface area contributed by atoms with E-state index in [2.05, 4.69) is 29.6 Å². The van der Waals surface area contributed by atoms with Gasteiger partial charge in [0, 0.05) is 13.1 Å². The summed E-state index contributed by atoms with van der Waals surface area (Å²) in [6.45, 7) is 4.38. The summed E-state index contributed by atoms with van der Waals surface area (Å²) in [7, 11) is 1.68. The maximum atomic E-state index is 5.42. The third-order valence-electron chi connectivity index (χ3n) is 3.05. The van der Waals surface area contributed by atoms with E-state index >= 15 is 0 Å². The maximum absolute atomic E-state index is 5.42. The third-order valence-corrected chi connectivity index (χ3v) is 3.05. The highest BCUT2D eigenvalue weighted by Crippen LogP contribution is 2.13. The van der Waals surface area contributed by atoms with Gasteiger partial charge in [-0.1, -0.05) is 24.3 Å². The van der Waals surface area contributed by atoms with E-state index in [-0.39, 0.29) is 0 Å². The molecule has 0 heterocycles. The Kier molecular flexibility index (Phi) is 5.44. The minimum atomic E-state index is 0.703. The van der Waals surface area contributed by atoms with Crippen LogP contribution in [0, 0.1) is 0 Å². The van der Waals surface area contributed by atoms with E-state index in [0.29, 0.717) is 6.61 Å². The van der Waals surface area contributed by atoms with Gasteiger partial charge in [-0.2, -0.15) is 0 Å². The van der Waals surface area contributed by atoms with Crippen molar-refractivity contribution in [2.45, 2.75) is 20.0 Å². The lowest BCUT2D eigenvalue weighted by Gasteiger charge is -2.07. The highest BCUT2D eigenvalue weighted by molar-refractivity contribution is 5.28. The van der Waals surface area contributed by atoms with Crippen molar-refractivity contribution < 1.29 is 9.47 Å². The molecule has 0 aliphatic heterocycles. The zero-order chi connectivity index (χ0) is 14.2. The van der Waals surface area contributed by atoms with Crippen LogP contribution in [0.4, 0.5) is 0 Å². The van der Waals surface area contributed by atoms with Crippen LogP contribution in [0.3, 0.4) is 0 Å². The summed E-state index contributed by atoms with van der Waals surface area (Å²) < 4.78 is 10.6. The first-order valence-electron chi connectivity index (χ1n) is 6.87. The molecule has 2 aromatic carbocycles. The maximum Gasteiger partial charge on any atom is 0.119 e. The number of ether oxygens (including phenoxy) is 2. The van der Waals surface area contributed by atoms with Gasteiger partial charge in [-0.3, -0.25) is 0 Å². The van der Waals surface area contributed by atoms with Crippen molar-refractivity contribution in [1.82, 2.24) is 5.32 Å². The summed E-state index contributed by atoms with van der Waals surface area (Å²) in [6.07, 6.45) is 0. The van der Waals surface area contributed by atoms with Gasteiger partial charge in [0.2, 0.25) is 0 Å². The molecule has 3 nitrogen and oxygen atoms in total. The number of hydrogen-bond donors (Lipinski definition) is 1. The van der Waals surface area contributed by atoms with Crippen LogP contribution < -0.4 is 14.8 Å². The van der Waals surface area contributed by atoms with Crippen molar-refractivity contribution in [2.75, 3.05) is 13.7 Å². The molecule has 3 heteroatoms. The van der Waals surface area contributed by atoms with Crippen LogP contribution in [0.15, 0.2) is 48.5 Å². The third kappa shape index (κ3) is 4.28. The Morgan fingerprint density at radius 2 is 1.30 bits per heavy atom. The summed E-state index contributed by atoms with van der Waals surface area (Å²) in [5.74, 6) is 1.81. The monoisotopic (exact) mass is 271 g/mol. The van der Waals surface area contributed by atoms with Crippen LogP contribution in [0.1, 0.15) is 18.1 Å². The van der Waals surface area contributed by atoms with Crippen molar-refractivity contribution >= 4 is 0 Å². The number of methoxy groups -OCH3 is 1. The average molecular weight is 271 g/mol. The Balaban J connectivity index is 1.79. The molecule has 0 unspecified atom stereocenters. The summed E-state index contributed by atoms with van der Waals surface area (Å²) >= 11 is 0. The molecule has 0 saturated carbocycles. The summed E-state index contributed by atoms with van der Waals surface area (Å²) in [6, 6.07) is 16.3. The second-order valence-corrected chi connectivity index (χ2v) is 4.53. The van der Waals surface area contributed by atoms with Crippen LogP contribution in [-0.2, 0) is 13.1 Å². The van der Waals surface area contributed by atoms with Crippen molar-refractivity contribution in [3.63, 3.8) is 0 Å². The lowest BCUT2D eigenvalue weighted by molar-refractivity contribution is 0.340. The fourth-order valence-electron chi connectivity index (χ4n) is 1.96.